The molecule has 2 fully saturated rings. The number of rotatable bonds is 5. The van der Waals surface area contributed by atoms with Crippen molar-refractivity contribution in [3.05, 3.63) is 0 Å². The van der Waals surface area contributed by atoms with Crippen LogP contribution in [-0.2, 0) is 4.79 Å². The summed E-state index contributed by atoms with van der Waals surface area (Å²) in [5.74, 6) is -2.45. The van der Waals surface area contributed by atoms with E-state index in [9.17, 15) is 13.6 Å². The van der Waals surface area contributed by atoms with Gasteiger partial charge >= 0.3 is 0 Å². The second kappa shape index (κ2) is 6.35. The molecule has 0 aliphatic carbocycles. The highest BCUT2D eigenvalue weighted by Gasteiger charge is 2.42. The molecule has 2 aliphatic heterocycles. The van der Waals surface area contributed by atoms with E-state index in [0.29, 0.717) is 18.5 Å². The van der Waals surface area contributed by atoms with Crippen LogP contribution < -0.4 is 10.6 Å². The monoisotopic (exact) mass is 289 g/mol. The summed E-state index contributed by atoms with van der Waals surface area (Å²) in [6, 6.07) is -0.395. The molecule has 2 N–H and O–H groups in total. The Morgan fingerprint density at radius 3 is 2.85 bits per heavy atom. The molecule has 4 nitrogen and oxygen atoms in total. The van der Waals surface area contributed by atoms with Crippen LogP contribution in [0.2, 0.25) is 0 Å². The van der Waals surface area contributed by atoms with Gasteiger partial charge in [0.25, 0.3) is 5.92 Å². The molecule has 0 aromatic carbocycles. The van der Waals surface area contributed by atoms with Crippen LogP contribution >= 0.6 is 0 Å². The Morgan fingerprint density at radius 1 is 1.50 bits per heavy atom. The van der Waals surface area contributed by atoms with Crippen molar-refractivity contribution in [3.8, 4) is 0 Å². The lowest BCUT2D eigenvalue weighted by Crippen LogP contribution is -2.46. The van der Waals surface area contributed by atoms with E-state index in [1.165, 1.54) is 0 Å². The molecule has 6 heteroatoms. The maximum Gasteiger partial charge on any atom is 0.262 e. The van der Waals surface area contributed by atoms with Crippen molar-refractivity contribution in [2.24, 2.45) is 5.92 Å². The summed E-state index contributed by atoms with van der Waals surface area (Å²) in [5.41, 5.74) is 0. The summed E-state index contributed by atoms with van der Waals surface area (Å²) in [5, 5.41) is 5.42. The van der Waals surface area contributed by atoms with E-state index in [2.05, 4.69) is 29.4 Å². The molecule has 2 heterocycles. The number of carbonyl (C=O) groups is 1. The van der Waals surface area contributed by atoms with Crippen molar-refractivity contribution in [2.75, 3.05) is 26.2 Å². The maximum absolute atomic E-state index is 13.1. The molecule has 20 heavy (non-hydrogen) atoms. The van der Waals surface area contributed by atoms with Crippen LogP contribution in [0.15, 0.2) is 0 Å². The third kappa shape index (κ3) is 4.12. The third-order valence-electron chi connectivity index (χ3n) is 4.04. The van der Waals surface area contributed by atoms with Gasteiger partial charge in [0.05, 0.1) is 12.6 Å². The van der Waals surface area contributed by atoms with E-state index in [4.69, 9.17) is 0 Å². The fraction of sp³-hybridized carbons (Fsp3) is 0.929. The maximum atomic E-state index is 13.1. The van der Waals surface area contributed by atoms with E-state index >= 15 is 0 Å². The lowest BCUT2D eigenvalue weighted by atomic mass is 10.1. The number of nitrogens with zero attached hydrogens (tertiary/aromatic N) is 1. The van der Waals surface area contributed by atoms with Gasteiger partial charge in [-0.3, -0.25) is 15.0 Å². The fourth-order valence-corrected chi connectivity index (χ4v) is 3.08. The second-order valence-electron chi connectivity index (χ2n) is 6.42. The van der Waals surface area contributed by atoms with Crippen molar-refractivity contribution in [3.63, 3.8) is 0 Å². The van der Waals surface area contributed by atoms with Crippen LogP contribution in [0.3, 0.4) is 0 Å². The van der Waals surface area contributed by atoms with Gasteiger partial charge in [0.15, 0.2) is 0 Å². The largest absolute Gasteiger partial charge is 0.353 e. The minimum atomic E-state index is -2.75. The first kappa shape index (κ1) is 15.6. The molecule has 116 valence electrons. The highest BCUT2D eigenvalue weighted by Crippen LogP contribution is 2.25. The standard InChI is InChI=1S/C14H25F2N3O/c1-10(2)8-19-5-3-4-11(19)7-17-13(20)12-6-14(15,16)9-18-12/h10-12,18H,3-9H2,1-2H3,(H,17,20)/t11-,12?/m1/s1. The van der Waals surface area contributed by atoms with E-state index < -0.39 is 18.5 Å². The van der Waals surface area contributed by atoms with Crippen molar-refractivity contribution in [1.82, 2.24) is 15.5 Å². The van der Waals surface area contributed by atoms with Crippen molar-refractivity contribution in [1.29, 1.82) is 0 Å². The zero-order chi connectivity index (χ0) is 14.8. The predicted molar refractivity (Wildman–Crippen MR) is 73.8 cm³/mol. The van der Waals surface area contributed by atoms with Gasteiger partial charge in [-0.2, -0.15) is 0 Å². The zero-order valence-corrected chi connectivity index (χ0v) is 12.3. The fourth-order valence-electron chi connectivity index (χ4n) is 3.08. The highest BCUT2D eigenvalue weighted by molar-refractivity contribution is 5.82. The van der Waals surface area contributed by atoms with Gasteiger partial charge in [-0.15, -0.1) is 0 Å². The Balaban J connectivity index is 1.76. The van der Waals surface area contributed by atoms with Crippen molar-refractivity contribution >= 4 is 5.91 Å². The van der Waals surface area contributed by atoms with Crippen LogP contribution in [0, 0.1) is 5.92 Å². The Kier molecular flexibility index (Phi) is 4.96. The quantitative estimate of drug-likeness (QED) is 0.800. The van der Waals surface area contributed by atoms with Gasteiger partial charge in [-0.05, 0) is 25.3 Å². The summed E-state index contributed by atoms with van der Waals surface area (Å²) in [6.45, 7) is 6.62. The molecule has 2 rings (SSSR count). The lowest BCUT2D eigenvalue weighted by molar-refractivity contribution is -0.123. The average molecular weight is 289 g/mol. The minimum Gasteiger partial charge on any atom is -0.353 e. The van der Waals surface area contributed by atoms with Crippen LogP contribution in [0.25, 0.3) is 0 Å². The van der Waals surface area contributed by atoms with Crippen LogP contribution in [0.4, 0.5) is 8.78 Å². The summed E-state index contributed by atoms with van der Waals surface area (Å²) in [7, 11) is 0. The first-order valence-corrected chi connectivity index (χ1v) is 7.50. The second-order valence-corrected chi connectivity index (χ2v) is 6.42. The van der Waals surface area contributed by atoms with E-state index in [-0.39, 0.29) is 12.3 Å². The SMILES string of the molecule is CC(C)CN1CCC[C@@H]1CNC(=O)C1CC(F)(F)CN1. The first-order valence-electron chi connectivity index (χ1n) is 7.50. The molecule has 2 atom stereocenters. The number of amides is 1. The summed E-state index contributed by atoms with van der Waals surface area (Å²) < 4.78 is 26.1. The van der Waals surface area contributed by atoms with Gasteiger partial charge in [0.1, 0.15) is 0 Å². The van der Waals surface area contributed by atoms with Gasteiger partial charge in [-0.25, -0.2) is 8.78 Å². The number of hydrogen-bond acceptors (Lipinski definition) is 3. The number of likely N-dealkylation sites (tertiary alicyclic amines) is 1. The molecule has 2 saturated heterocycles. The molecule has 0 saturated carbocycles. The number of hydrogen-bond donors (Lipinski definition) is 2. The summed E-state index contributed by atoms with van der Waals surface area (Å²) in [6.07, 6.45) is 1.83. The molecule has 1 amide bonds. The molecule has 0 aromatic heterocycles. The number of nitrogens with one attached hydrogen (secondary N) is 2. The Labute approximate surface area is 119 Å². The first-order chi connectivity index (χ1) is 9.37. The zero-order valence-electron chi connectivity index (χ0n) is 12.3. The third-order valence-corrected chi connectivity index (χ3v) is 4.04. The van der Waals surface area contributed by atoms with Crippen molar-refractivity contribution in [2.45, 2.75) is 51.1 Å². The molecule has 0 aromatic rings. The molecular formula is C14H25F2N3O. The highest BCUT2D eigenvalue weighted by atomic mass is 19.3. The lowest BCUT2D eigenvalue weighted by Gasteiger charge is -2.26. The van der Waals surface area contributed by atoms with Gasteiger partial charge in [0.2, 0.25) is 5.91 Å². The predicted octanol–water partition coefficient (Wildman–Crippen LogP) is 1.22. The van der Waals surface area contributed by atoms with Gasteiger partial charge in [0, 0.05) is 25.6 Å². The molecule has 0 radical (unpaired) electrons. The van der Waals surface area contributed by atoms with Gasteiger partial charge in [-0.1, -0.05) is 13.8 Å². The molecule has 0 bridgehead atoms. The van der Waals surface area contributed by atoms with Crippen LogP contribution in [0.5, 0.6) is 0 Å². The average Bonchev–Trinajstić information content (AvgIpc) is 2.92. The van der Waals surface area contributed by atoms with E-state index in [1.54, 1.807) is 0 Å². The molecular weight excluding hydrogens is 264 g/mol. The van der Waals surface area contributed by atoms with E-state index in [1.807, 2.05) is 0 Å². The van der Waals surface area contributed by atoms with Gasteiger partial charge < -0.3 is 5.32 Å². The Hall–Kier alpha value is -0.750. The van der Waals surface area contributed by atoms with Crippen LogP contribution in [0.1, 0.15) is 33.1 Å². The minimum absolute atomic E-state index is 0.293. The molecule has 1 unspecified atom stereocenters. The number of alkyl halides is 2. The normalized spacial score (nSPS) is 30.1. The summed E-state index contributed by atoms with van der Waals surface area (Å²) in [4.78, 5) is 14.3. The molecule has 2 aliphatic rings. The van der Waals surface area contributed by atoms with Crippen LogP contribution in [-0.4, -0.2) is 55.0 Å². The smallest absolute Gasteiger partial charge is 0.262 e. The Morgan fingerprint density at radius 2 is 2.25 bits per heavy atom. The molecule has 0 spiro atoms. The summed E-state index contributed by atoms with van der Waals surface area (Å²) >= 11 is 0. The van der Waals surface area contributed by atoms with E-state index in [0.717, 1.165) is 25.9 Å². The van der Waals surface area contributed by atoms with Crippen molar-refractivity contribution < 1.29 is 13.6 Å². The number of carbonyl (C=O) groups excluding carboxylic acids is 1. The number of halogens is 2. The topological polar surface area (TPSA) is 44.4 Å². The Bertz CT molecular complexity index is 349.